The lowest BCUT2D eigenvalue weighted by Gasteiger charge is -2.32. The molecule has 3 rings (SSSR count). The summed E-state index contributed by atoms with van der Waals surface area (Å²) in [6.07, 6.45) is 2.03. The van der Waals surface area contributed by atoms with Crippen LogP contribution in [-0.2, 0) is 11.3 Å². The maximum absolute atomic E-state index is 12.6. The maximum atomic E-state index is 12.6. The van der Waals surface area contributed by atoms with Crippen molar-refractivity contribution in [3.8, 4) is 0 Å². The number of anilines is 1. The fourth-order valence-corrected chi connectivity index (χ4v) is 3.70. The Morgan fingerprint density at radius 2 is 2.08 bits per heavy atom. The Kier molecular flexibility index (Phi) is 5.69. The number of carbonyl (C=O) groups is 1. The van der Waals surface area contributed by atoms with Gasteiger partial charge in [-0.1, -0.05) is 46.3 Å². The molecule has 1 aliphatic rings. The molecule has 0 saturated carbocycles. The van der Waals surface area contributed by atoms with Gasteiger partial charge >= 0.3 is 0 Å². The van der Waals surface area contributed by atoms with Gasteiger partial charge in [0.15, 0.2) is 0 Å². The number of aryl methyl sites for hydroxylation is 1. The third-order valence-electron chi connectivity index (χ3n) is 4.57. The SMILES string of the molecule is Cc1ccccc1NC(=O)C1CCCN(Cc2cccc(Br)c2)C1. The van der Waals surface area contributed by atoms with Gasteiger partial charge < -0.3 is 5.32 Å². The lowest BCUT2D eigenvalue weighted by Crippen LogP contribution is -2.40. The predicted molar refractivity (Wildman–Crippen MR) is 102 cm³/mol. The molecule has 0 bridgehead atoms. The van der Waals surface area contributed by atoms with E-state index in [0.29, 0.717) is 0 Å². The summed E-state index contributed by atoms with van der Waals surface area (Å²) in [5, 5.41) is 3.10. The summed E-state index contributed by atoms with van der Waals surface area (Å²) in [6, 6.07) is 16.3. The summed E-state index contributed by atoms with van der Waals surface area (Å²) in [5.41, 5.74) is 3.31. The van der Waals surface area contributed by atoms with E-state index in [9.17, 15) is 4.79 Å². The first kappa shape index (κ1) is 17.2. The first-order chi connectivity index (χ1) is 11.6. The van der Waals surface area contributed by atoms with Crippen LogP contribution in [0.5, 0.6) is 0 Å². The van der Waals surface area contributed by atoms with Crippen LogP contribution in [0, 0.1) is 12.8 Å². The van der Waals surface area contributed by atoms with Crippen molar-refractivity contribution >= 4 is 27.5 Å². The molecule has 4 heteroatoms. The summed E-state index contributed by atoms with van der Waals surface area (Å²) in [6.45, 7) is 4.80. The molecule has 2 aromatic rings. The summed E-state index contributed by atoms with van der Waals surface area (Å²) < 4.78 is 1.10. The minimum atomic E-state index is 0.0607. The third-order valence-corrected chi connectivity index (χ3v) is 5.07. The Hall–Kier alpha value is -1.65. The number of likely N-dealkylation sites (tertiary alicyclic amines) is 1. The molecule has 126 valence electrons. The van der Waals surface area contributed by atoms with Crippen LogP contribution in [0.25, 0.3) is 0 Å². The maximum Gasteiger partial charge on any atom is 0.228 e. The normalized spacial score (nSPS) is 18.3. The van der Waals surface area contributed by atoms with E-state index in [0.717, 1.165) is 48.2 Å². The first-order valence-electron chi connectivity index (χ1n) is 8.45. The molecule has 1 N–H and O–H groups in total. The van der Waals surface area contributed by atoms with Gasteiger partial charge in [0.1, 0.15) is 0 Å². The highest BCUT2D eigenvalue weighted by Gasteiger charge is 2.26. The van der Waals surface area contributed by atoms with Crippen molar-refractivity contribution in [3.63, 3.8) is 0 Å². The fraction of sp³-hybridized carbons (Fsp3) is 0.350. The van der Waals surface area contributed by atoms with Crippen molar-refractivity contribution in [1.29, 1.82) is 0 Å². The van der Waals surface area contributed by atoms with Crippen LogP contribution in [0.4, 0.5) is 5.69 Å². The van der Waals surface area contributed by atoms with Crippen LogP contribution >= 0.6 is 15.9 Å². The highest BCUT2D eigenvalue weighted by atomic mass is 79.9. The van der Waals surface area contributed by atoms with E-state index in [2.05, 4.69) is 44.3 Å². The molecule has 1 unspecified atom stereocenters. The number of nitrogens with one attached hydrogen (secondary N) is 1. The molecule has 0 aromatic heterocycles. The van der Waals surface area contributed by atoms with Gasteiger partial charge in [0.25, 0.3) is 0 Å². The number of carbonyl (C=O) groups excluding carboxylic acids is 1. The van der Waals surface area contributed by atoms with Crippen molar-refractivity contribution in [2.75, 3.05) is 18.4 Å². The van der Waals surface area contributed by atoms with Crippen LogP contribution in [0.15, 0.2) is 53.0 Å². The molecular formula is C20H23BrN2O. The van der Waals surface area contributed by atoms with E-state index in [-0.39, 0.29) is 11.8 Å². The Bertz CT molecular complexity index is 716. The van der Waals surface area contributed by atoms with Gasteiger partial charge in [-0.3, -0.25) is 9.69 Å². The second-order valence-corrected chi connectivity index (χ2v) is 7.42. The molecule has 24 heavy (non-hydrogen) atoms. The number of hydrogen-bond donors (Lipinski definition) is 1. The number of para-hydroxylation sites is 1. The van der Waals surface area contributed by atoms with E-state index in [4.69, 9.17) is 0 Å². The molecule has 1 amide bonds. The van der Waals surface area contributed by atoms with Crippen LogP contribution < -0.4 is 5.32 Å². The van der Waals surface area contributed by atoms with E-state index in [1.165, 1.54) is 5.56 Å². The average Bonchev–Trinajstić information content (AvgIpc) is 2.57. The smallest absolute Gasteiger partial charge is 0.228 e. The monoisotopic (exact) mass is 386 g/mol. The van der Waals surface area contributed by atoms with Crippen LogP contribution in [-0.4, -0.2) is 23.9 Å². The second-order valence-electron chi connectivity index (χ2n) is 6.51. The van der Waals surface area contributed by atoms with Crippen molar-refractivity contribution in [2.45, 2.75) is 26.3 Å². The minimum absolute atomic E-state index is 0.0607. The van der Waals surface area contributed by atoms with E-state index >= 15 is 0 Å². The molecule has 1 saturated heterocycles. The zero-order valence-electron chi connectivity index (χ0n) is 14.0. The highest BCUT2D eigenvalue weighted by molar-refractivity contribution is 9.10. The molecule has 2 aromatic carbocycles. The Morgan fingerprint density at radius 3 is 2.88 bits per heavy atom. The largest absolute Gasteiger partial charge is 0.326 e. The molecule has 1 fully saturated rings. The lowest BCUT2D eigenvalue weighted by atomic mass is 9.96. The van der Waals surface area contributed by atoms with Gasteiger partial charge in [-0.05, 0) is 55.6 Å². The van der Waals surface area contributed by atoms with Crippen molar-refractivity contribution in [2.24, 2.45) is 5.92 Å². The molecule has 3 nitrogen and oxygen atoms in total. The van der Waals surface area contributed by atoms with Gasteiger partial charge in [0.05, 0.1) is 5.92 Å². The summed E-state index contributed by atoms with van der Waals surface area (Å²) in [5.74, 6) is 0.203. The van der Waals surface area contributed by atoms with Crippen molar-refractivity contribution in [1.82, 2.24) is 4.90 Å². The predicted octanol–water partition coefficient (Wildman–Crippen LogP) is 4.61. The number of amides is 1. The average molecular weight is 387 g/mol. The number of halogens is 1. The number of piperidine rings is 1. The summed E-state index contributed by atoms with van der Waals surface area (Å²) >= 11 is 3.52. The fourth-order valence-electron chi connectivity index (χ4n) is 3.25. The van der Waals surface area contributed by atoms with Crippen molar-refractivity contribution in [3.05, 3.63) is 64.1 Å². The molecule has 0 aliphatic carbocycles. The number of benzene rings is 2. The number of rotatable bonds is 4. The quantitative estimate of drug-likeness (QED) is 0.831. The van der Waals surface area contributed by atoms with Gasteiger partial charge in [0.2, 0.25) is 5.91 Å². The van der Waals surface area contributed by atoms with E-state index in [1.54, 1.807) is 0 Å². The number of nitrogens with zero attached hydrogens (tertiary/aromatic N) is 1. The molecular weight excluding hydrogens is 364 g/mol. The van der Waals surface area contributed by atoms with Crippen LogP contribution in [0.2, 0.25) is 0 Å². The standard InChI is InChI=1S/C20H23BrN2O/c1-15-6-2-3-10-19(15)22-20(24)17-8-5-11-23(14-17)13-16-7-4-9-18(21)12-16/h2-4,6-7,9-10,12,17H,5,8,11,13-14H2,1H3,(H,22,24). The molecule has 1 atom stereocenters. The Balaban J connectivity index is 1.60. The first-order valence-corrected chi connectivity index (χ1v) is 9.24. The minimum Gasteiger partial charge on any atom is -0.326 e. The summed E-state index contributed by atoms with van der Waals surface area (Å²) in [4.78, 5) is 15.0. The van der Waals surface area contributed by atoms with Crippen molar-refractivity contribution < 1.29 is 4.79 Å². The van der Waals surface area contributed by atoms with Crippen LogP contribution in [0.3, 0.4) is 0 Å². The van der Waals surface area contributed by atoms with E-state index in [1.807, 2.05) is 37.3 Å². The topological polar surface area (TPSA) is 32.3 Å². The van der Waals surface area contributed by atoms with Gasteiger partial charge in [-0.2, -0.15) is 0 Å². The zero-order valence-corrected chi connectivity index (χ0v) is 15.6. The highest BCUT2D eigenvalue weighted by Crippen LogP contribution is 2.22. The van der Waals surface area contributed by atoms with Crippen LogP contribution in [0.1, 0.15) is 24.0 Å². The van der Waals surface area contributed by atoms with Gasteiger partial charge in [-0.25, -0.2) is 0 Å². The Morgan fingerprint density at radius 1 is 1.25 bits per heavy atom. The molecule has 1 heterocycles. The summed E-state index contributed by atoms with van der Waals surface area (Å²) in [7, 11) is 0. The molecule has 0 spiro atoms. The zero-order chi connectivity index (χ0) is 16.9. The molecule has 0 radical (unpaired) electrons. The van der Waals surface area contributed by atoms with Gasteiger partial charge in [0, 0.05) is 23.2 Å². The number of hydrogen-bond acceptors (Lipinski definition) is 2. The molecule has 1 aliphatic heterocycles. The van der Waals surface area contributed by atoms with E-state index < -0.39 is 0 Å². The third kappa shape index (κ3) is 4.46. The lowest BCUT2D eigenvalue weighted by molar-refractivity contribution is -0.121. The second kappa shape index (κ2) is 7.95. The Labute approximate surface area is 152 Å². The van der Waals surface area contributed by atoms with Gasteiger partial charge in [-0.15, -0.1) is 0 Å².